The SMILES string of the molecule is CCCCCCN=C(NCC)NCCC(=O)N1CCN(c2ccccn2)CC1. The normalized spacial score (nSPS) is 14.9. The Balaban J connectivity index is 1.67. The van der Waals surface area contributed by atoms with E-state index in [-0.39, 0.29) is 5.91 Å². The summed E-state index contributed by atoms with van der Waals surface area (Å²) in [6.45, 7) is 9.70. The Morgan fingerprint density at radius 1 is 1.11 bits per heavy atom. The first kappa shape index (κ1) is 22.0. The van der Waals surface area contributed by atoms with Crippen molar-refractivity contribution in [2.45, 2.75) is 46.0 Å². The molecule has 0 unspecified atom stereocenters. The molecule has 1 aromatic rings. The van der Waals surface area contributed by atoms with Gasteiger partial charge in [0.2, 0.25) is 5.91 Å². The van der Waals surface area contributed by atoms with Gasteiger partial charge in [0.1, 0.15) is 5.82 Å². The molecule has 0 radical (unpaired) electrons. The van der Waals surface area contributed by atoms with Crippen molar-refractivity contribution < 1.29 is 4.79 Å². The summed E-state index contributed by atoms with van der Waals surface area (Å²) in [7, 11) is 0. The predicted octanol–water partition coefficient (Wildman–Crippen LogP) is 2.26. The van der Waals surface area contributed by atoms with Crippen LogP contribution in [0.15, 0.2) is 29.4 Å². The van der Waals surface area contributed by atoms with E-state index in [4.69, 9.17) is 0 Å². The van der Waals surface area contributed by atoms with Gasteiger partial charge in [-0.1, -0.05) is 32.3 Å². The van der Waals surface area contributed by atoms with Crippen LogP contribution in [0.4, 0.5) is 5.82 Å². The van der Waals surface area contributed by atoms with E-state index in [0.29, 0.717) is 13.0 Å². The van der Waals surface area contributed by atoms with Crippen LogP contribution in [0.1, 0.15) is 46.0 Å². The van der Waals surface area contributed by atoms with Gasteiger partial charge in [-0.25, -0.2) is 4.98 Å². The maximum Gasteiger partial charge on any atom is 0.224 e. The fourth-order valence-electron chi connectivity index (χ4n) is 3.24. The average Bonchev–Trinajstić information content (AvgIpc) is 2.74. The molecule has 1 amide bonds. The number of anilines is 1. The third-order valence-electron chi connectivity index (χ3n) is 4.86. The van der Waals surface area contributed by atoms with Crippen LogP contribution in [-0.2, 0) is 4.79 Å². The number of guanidine groups is 1. The lowest BCUT2D eigenvalue weighted by Crippen LogP contribution is -2.49. The monoisotopic (exact) mass is 388 g/mol. The molecule has 2 rings (SSSR count). The van der Waals surface area contributed by atoms with Crippen LogP contribution < -0.4 is 15.5 Å². The third-order valence-corrected chi connectivity index (χ3v) is 4.86. The number of amides is 1. The number of pyridine rings is 1. The molecule has 1 aliphatic rings. The zero-order chi connectivity index (χ0) is 20.0. The summed E-state index contributed by atoms with van der Waals surface area (Å²) < 4.78 is 0. The van der Waals surface area contributed by atoms with Crippen LogP contribution in [0, 0.1) is 0 Å². The summed E-state index contributed by atoms with van der Waals surface area (Å²) in [6, 6.07) is 5.94. The highest BCUT2D eigenvalue weighted by molar-refractivity contribution is 5.81. The van der Waals surface area contributed by atoms with Crippen molar-refractivity contribution >= 4 is 17.7 Å². The number of aliphatic imine (C=N–C) groups is 1. The minimum Gasteiger partial charge on any atom is -0.357 e. The second-order valence-corrected chi connectivity index (χ2v) is 7.05. The molecule has 156 valence electrons. The minimum absolute atomic E-state index is 0.201. The minimum atomic E-state index is 0.201. The molecule has 0 aliphatic carbocycles. The lowest BCUT2D eigenvalue weighted by molar-refractivity contribution is -0.131. The van der Waals surface area contributed by atoms with E-state index in [0.717, 1.165) is 57.5 Å². The summed E-state index contributed by atoms with van der Waals surface area (Å²) in [5.41, 5.74) is 0. The van der Waals surface area contributed by atoms with E-state index >= 15 is 0 Å². The first-order valence-corrected chi connectivity index (χ1v) is 10.7. The van der Waals surface area contributed by atoms with Crippen molar-refractivity contribution in [3.63, 3.8) is 0 Å². The number of unbranched alkanes of at least 4 members (excludes halogenated alkanes) is 3. The molecule has 0 atom stereocenters. The maximum atomic E-state index is 12.5. The van der Waals surface area contributed by atoms with Crippen LogP contribution >= 0.6 is 0 Å². The number of hydrogen-bond acceptors (Lipinski definition) is 4. The molecule has 0 saturated carbocycles. The van der Waals surface area contributed by atoms with E-state index in [9.17, 15) is 4.79 Å². The van der Waals surface area contributed by atoms with Crippen LogP contribution in [-0.4, -0.2) is 67.6 Å². The van der Waals surface area contributed by atoms with Crippen molar-refractivity contribution in [2.24, 2.45) is 4.99 Å². The second kappa shape index (κ2) is 13.0. The highest BCUT2D eigenvalue weighted by Crippen LogP contribution is 2.12. The lowest BCUT2D eigenvalue weighted by Gasteiger charge is -2.35. The molecule has 7 heteroatoms. The predicted molar refractivity (Wildman–Crippen MR) is 116 cm³/mol. The third kappa shape index (κ3) is 7.74. The Hall–Kier alpha value is -2.31. The van der Waals surface area contributed by atoms with Crippen LogP contribution in [0.25, 0.3) is 0 Å². The van der Waals surface area contributed by atoms with Gasteiger partial charge >= 0.3 is 0 Å². The standard InChI is InChI=1S/C21H36N6O/c1-3-5-6-8-13-24-21(22-4-2)25-14-11-20(28)27-17-15-26(16-18-27)19-10-7-9-12-23-19/h7,9-10,12H,3-6,8,11,13-18H2,1-2H3,(H2,22,24,25). The van der Waals surface area contributed by atoms with E-state index in [2.05, 4.69) is 39.4 Å². The Bertz CT molecular complexity index is 584. The number of piperazine rings is 1. The molecule has 2 N–H and O–H groups in total. The summed E-state index contributed by atoms with van der Waals surface area (Å²) in [5.74, 6) is 2.00. The summed E-state index contributed by atoms with van der Waals surface area (Å²) >= 11 is 0. The Kier molecular flexibility index (Phi) is 10.2. The van der Waals surface area contributed by atoms with Gasteiger partial charge in [-0.2, -0.15) is 0 Å². The molecular formula is C21H36N6O. The van der Waals surface area contributed by atoms with Gasteiger partial charge in [0, 0.05) is 58.4 Å². The van der Waals surface area contributed by atoms with Gasteiger partial charge in [0.05, 0.1) is 0 Å². The molecule has 28 heavy (non-hydrogen) atoms. The van der Waals surface area contributed by atoms with Crippen molar-refractivity contribution in [1.29, 1.82) is 0 Å². The molecule has 7 nitrogen and oxygen atoms in total. The van der Waals surface area contributed by atoms with Crippen LogP contribution in [0.3, 0.4) is 0 Å². The van der Waals surface area contributed by atoms with E-state index < -0.39 is 0 Å². The van der Waals surface area contributed by atoms with Crippen molar-refractivity contribution in [2.75, 3.05) is 50.7 Å². The van der Waals surface area contributed by atoms with E-state index in [1.807, 2.05) is 29.3 Å². The first-order valence-electron chi connectivity index (χ1n) is 10.7. The summed E-state index contributed by atoms with van der Waals surface area (Å²) in [6.07, 6.45) is 7.14. The fourth-order valence-corrected chi connectivity index (χ4v) is 3.24. The molecule has 1 aromatic heterocycles. The quantitative estimate of drug-likeness (QED) is 0.365. The van der Waals surface area contributed by atoms with Crippen molar-refractivity contribution in [3.8, 4) is 0 Å². The van der Waals surface area contributed by atoms with Gasteiger partial charge in [-0.05, 0) is 25.5 Å². The van der Waals surface area contributed by atoms with Gasteiger partial charge in [-0.3, -0.25) is 9.79 Å². The smallest absolute Gasteiger partial charge is 0.224 e. The topological polar surface area (TPSA) is 72.9 Å². The Labute approximate surface area is 169 Å². The maximum absolute atomic E-state index is 12.5. The van der Waals surface area contributed by atoms with Gasteiger partial charge in [0.25, 0.3) is 0 Å². The largest absolute Gasteiger partial charge is 0.357 e. The highest BCUT2D eigenvalue weighted by atomic mass is 16.2. The lowest BCUT2D eigenvalue weighted by atomic mass is 10.2. The Morgan fingerprint density at radius 2 is 1.93 bits per heavy atom. The molecule has 1 saturated heterocycles. The highest BCUT2D eigenvalue weighted by Gasteiger charge is 2.21. The van der Waals surface area contributed by atoms with Crippen LogP contribution in [0.5, 0.6) is 0 Å². The molecule has 0 spiro atoms. The Morgan fingerprint density at radius 3 is 2.61 bits per heavy atom. The zero-order valence-corrected chi connectivity index (χ0v) is 17.5. The van der Waals surface area contributed by atoms with Crippen molar-refractivity contribution in [1.82, 2.24) is 20.5 Å². The molecule has 1 aliphatic heterocycles. The van der Waals surface area contributed by atoms with Gasteiger partial charge in [-0.15, -0.1) is 0 Å². The molecule has 1 fully saturated rings. The number of carbonyl (C=O) groups is 1. The molecule has 0 aromatic carbocycles. The van der Waals surface area contributed by atoms with E-state index in [1.54, 1.807) is 0 Å². The number of hydrogen-bond donors (Lipinski definition) is 2. The summed E-state index contributed by atoms with van der Waals surface area (Å²) in [4.78, 5) is 25.7. The molecular weight excluding hydrogens is 352 g/mol. The zero-order valence-electron chi connectivity index (χ0n) is 17.5. The number of carbonyl (C=O) groups excluding carboxylic acids is 1. The number of rotatable bonds is 10. The van der Waals surface area contributed by atoms with E-state index in [1.165, 1.54) is 19.3 Å². The number of nitrogens with zero attached hydrogens (tertiary/aromatic N) is 4. The van der Waals surface area contributed by atoms with Crippen molar-refractivity contribution in [3.05, 3.63) is 24.4 Å². The van der Waals surface area contributed by atoms with Gasteiger partial charge < -0.3 is 20.4 Å². The molecule has 0 bridgehead atoms. The fraction of sp³-hybridized carbons (Fsp3) is 0.667. The first-order chi connectivity index (χ1) is 13.7. The molecule has 2 heterocycles. The second-order valence-electron chi connectivity index (χ2n) is 7.05. The average molecular weight is 389 g/mol. The summed E-state index contributed by atoms with van der Waals surface area (Å²) in [5, 5.41) is 6.54. The number of aromatic nitrogens is 1. The number of nitrogens with one attached hydrogen (secondary N) is 2. The van der Waals surface area contributed by atoms with Gasteiger partial charge in [0.15, 0.2) is 5.96 Å². The van der Waals surface area contributed by atoms with Crippen LogP contribution in [0.2, 0.25) is 0 Å².